The summed E-state index contributed by atoms with van der Waals surface area (Å²) in [5, 5.41) is 6.09. The summed E-state index contributed by atoms with van der Waals surface area (Å²) >= 11 is 0. The molecule has 254 valence electrons. The Morgan fingerprint density at radius 3 is 1.87 bits per heavy atom. The zero-order chi connectivity index (χ0) is 34.1. The Kier molecular flexibility index (Phi) is 19.5. The van der Waals surface area contributed by atoms with Crippen LogP contribution in [0.4, 0.5) is 0 Å². The van der Waals surface area contributed by atoms with Gasteiger partial charge in [-0.3, -0.25) is 19.2 Å². The van der Waals surface area contributed by atoms with Crippen molar-refractivity contribution in [1.29, 1.82) is 0 Å². The molecule has 13 heteroatoms. The van der Waals surface area contributed by atoms with E-state index < -0.39 is 29.8 Å². The van der Waals surface area contributed by atoms with E-state index in [1.54, 1.807) is 0 Å². The summed E-state index contributed by atoms with van der Waals surface area (Å²) in [5.74, 6) is -2.99. The Morgan fingerprint density at radius 1 is 0.766 bits per heavy atom. The molecule has 0 aliphatic heterocycles. The Balaban J connectivity index is 1.92. The number of hydrogen-bond donors (Lipinski definition) is 1. The molecule has 0 bridgehead atoms. The third-order valence-electron chi connectivity index (χ3n) is 6.91. The van der Waals surface area contributed by atoms with Crippen molar-refractivity contribution < 1.29 is 42.9 Å². The van der Waals surface area contributed by atoms with Gasteiger partial charge in [0.25, 0.3) is 0 Å². The molecule has 0 aliphatic rings. The van der Waals surface area contributed by atoms with Gasteiger partial charge in [-0.25, -0.2) is 0 Å². The number of carbonyl (C=O) groups excluding carboxylic acids is 5. The topological polar surface area (TPSA) is 183 Å². The fraction of sp³-hybridized carbons (Fsp3) is 0.500. The van der Waals surface area contributed by atoms with Crippen LogP contribution in [-0.2, 0) is 56.1 Å². The van der Waals surface area contributed by atoms with Gasteiger partial charge in [0.2, 0.25) is 5.91 Å². The molecule has 2 rings (SSSR count). The molecule has 0 saturated heterocycles. The van der Waals surface area contributed by atoms with Crippen LogP contribution in [0.15, 0.2) is 65.8 Å². The minimum atomic E-state index is -1.00. The molecule has 13 nitrogen and oxygen atoms in total. The maximum absolute atomic E-state index is 13.3. The summed E-state index contributed by atoms with van der Waals surface area (Å²) in [6.45, 7) is 2.89. The highest BCUT2D eigenvalue weighted by molar-refractivity contribution is 5.92. The molecule has 0 unspecified atom stereocenters. The molecule has 0 heterocycles. The average Bonchev–Trinajstić information content (AvgIpc) is 3.07. The second-order valence-electron chi connectivity index (χ2n) is 10.8. The van der Waals surface area contributed by atoms with E-state index in [4.69, 9.17) is 24.5 Å². The lowest BCUT2D eigenvalue weighted by atomic mass is 9.94. The van der Waals surface area contributed by atoms with Crippen molar-refractivity contribution in [3.63, 3.8) is 0 Å². The van der Waals surface area contributed by atoms with E-state index in [-0.39, 0.29) is 83.1 Å². The van der Waals surface area contributed by atoms with Crippen LogP contribution in [-0.4, -0.2) is 68.4 Å². The van der Waals surface area contributed by atoms with Gasteiger partial charge in [0, 0.05) is 49.7 Å². The fourth-order valence-corrected chi connectivity index (χ4v) is 4.45. The predicted molar refractivity (Wildman–Crippen MR) is 172 cm³/mol. The zero-order valence-electron chi connectivity index (χ0n) is 26.8. The molecule has 1 amide bonds. The van der Waals surface area contributed by atoms with E-state index in [0.29, 0.717) is 19.6 Å². The van der Waals surface area contributed by atoms with Crippen LogP contribution >= 0.6 is 0 Å². The maximum atomic E-state index is 13.3. The molecular weight excluding hydrogens is 608 g/mol. The van der Waals surface area contributed by atoms with Crippen LogP contribution in [0.5, 0.6) is 0 Å². The molecule has 0 saturated carbocycles. The van der Waals surface area contributed by atoms with E-state index >= 15 is 0 Å². The molecule has 2 aromatic carbocycles. The fourth-order valence-electron chi connectivity index (χ4n) is 4.45. The number of esters is 2. The number of azide groups is 1. The van der Waals surface area contributed by atoms with Gasteiger partial charge in [-0.05, 0) is 42.8 Å². The molecule has 0 fully saturated rings. The average molecular weight is 653 g/mol. The minimum Gasteiger partial charge on any atom is -0.461 e. The zero-order valence-corrected chi connectivity index (χ0v) is 26.8. The first-order chi connectivity index (χ1) is 22.8. The number of nitrogens with zero attached hydrogens (tertiary/aromatic N) is 3. The normalized spacial score (nSPS) is 11.9. The van der Waals surface area contributed by atoms with Gasteiger partial charge < -0.3 is 29.1 Å². The van der Waals surface area contributed by atoms with E-state index in [1.165, 1.54) is 6.92 Å². The predicted octanol–water partition coefficient (Wildman–Crippen LogP) is 4.81. The number of rotatable bonds is 25. The van der Waals surface area contributed by atoms with E-state index in [9.17, 15) is 24.0 Å². The van der Waals surface area contributed by atoms with Crippen molar-refractivity contribution >= 4 is 29.4 Å². The van der Waals surface area contributed by atoms with Crippen LogP contribution in [0.25, 0.3) is 10.4 Å². The first-order valence-electron chi connectivity index (χ1n) is 15.7. The van der Waals surface area contributed by atoms with Gasteiger partial charge in [-0.15, -0.1) is 0 Å². The highest BCUT2D eigenvalue weighted by Gasteiger charge is 2.27. The number of ketones is 2. The van der Waals surface area contributed by atoms with E-state index in [2.05, 4.69) is 15.3 Å². The van der Waals surface area contributed by atoms with Gasteiger partial charge in [0.15, 0.2) is 5.78 Å². The largest absolute Gasteiger partial charge is 0.461 e. The lowest BCUT2D eigenvalue weighted by molar-refractivity contribution is -0.147. The van der Waals surface area contributed by atoms with Gasteiger partial charge in [0.1, 0.15) is 19.0 Å². The number of ether oxygens (including phenoxy) is 4. The minimum absolute atomic E-state index is 0.00395. The van der Waals surface area contributed by atoms with Crippen molar-refractivity contribution in [3.05, 3.63) is 82.2 Å². The van der Waals surface area contributed by atoms with Crippen LogP contribution in [0, 0.1) is 5.92 Å². The van der Waals surface area contributed by atoms with Crippen molar-refractivity contribution in [3.8, 4) is 0 Å². The third-order valence-corrected chi connectivity index (χ3v) is 6.91. The monoisotopic (exact) mass is 652 g/mol. The quantitative estimate of drug-likeness (QED) is 0.0517. The molecule has 0 spiro atoms. The Labute approximate surface area is 274 Å². The standard InChI is InChI=1S/C34H44N4O9/c1-26(39)23-29(14-16-32(41)46-24-27-9-4-2-5-10-27)34(43)37-30(15-17-33(42)47-25-28-11-6-3-7-12-28)31(40)13-8-19-44-21-22-45-20-18-36-38-35/h2-7,9-12,29-30H,8,13-25H2,1H3,(H,37,43)/t29-,30-/m0/s1. The Bertz CT molecular complexity index is 1300. The number of nitrogens with one attached hydrogen (secondary N) is 1. The Hall–Kier alpha value is -4.58. The molecular formula is C34H44N4O9. The molecule has 1 N–H and O–H groups in total. The smallest absolute Gasteiger partial charge is 0.306 e. The van der Waals surface area contributed by atoms with Crippen LogP contribution in [0.2, 0.25) is 0 Å². The van der Waals surface area contributed by atoms with Gasteiger partial charge in [0.05, 0.1) is 25.9 Å². The lowest BCUT2D eigenvalue weighted by Crippen LogP contribution is -2.44. The molecule has 2 aromatic rings. The summed E-state index contributed by atoms with van der Waals surface area (Å²) in [6, 6.07) is 17.3. The first-order valence-corrected chi connectivity index (χ1v) is 15.7. The molecule has 0 aromatic heterocycles. The van der Waals surface area contributed by atoms with Crippen molar-refractivity contribution in [2.24, 2.45) is 11.0 Å². The summed E-state index contributed by atoms with van der Waals surface area (Å²) < 4.78 is 21.4. The molecule has 47 heavy (non-hydrogen) atoms. The van der Waals surface area contributed by atoms with E-state index in [1.807, 2.05) is 60.7 Å². The van der Waals surface area contributed by atoms with Crippen LogP contribution in [0.3, 0.4) is 0 Å². The van der Waals surface area contributed by atoms with Gasteiger partial charge in [-0.1, -0.05) is 65.8 Å². The first kappa shape index (κ1) is 38.6. The molecule has 2 atom stereocenters. The second kappa shape index (κ2) is 23.7. The Morgan fingerprint density at radius 2 is 1.32 bits per heavy atom. The van der Waals surface area contributed by atoms with E-state index in [0.717, 1.165) is 11.1 Å². The highest BCUT2D eigenvalue weighted by Crippen LogP contribution is 2.16. The van der Waals surface area contributed by atoms with Crippen molar-refractivity contribution in [2.75, 3.05) is 33.0 Å². The lowest BCUT2D eigenvalue weighted by Gasteiger charge is -2.21. The SMILES string of the molecule is CC(=O)C[C@H](CCC(=O)OCc1ccccc1)C(=O)N[C@@H](CCC(=O)OCc1ccccc1)C(=O)CCCOCCOCCN=[N+]=[N-]. The van der Waals surface area contributed by atoms with Crippen molar-refractivity contribution in [2.45, 2.75) is 71.1 Å². The second-order valence-corrected chi connectivity index (χ2v) is 10.8. The number of benzene rings is 2. The number of carbonyl (C=O) groups is 5. The summed E-state index contributed by atoms with van der Waals surface area (Å²) in [6.07, 6.45) is 0.182. The third kappa shape index (κ3) is 18.2. The molecule has 0 radical (unpaired) electrons. The van der Waals surface area contributed by atoms with Crippen LogP contribution < -0.4 is 5.32 Å². The number of hydrogen-bond acceptors (Lipinski definition) is 10. The number of amides is 1. The highest BCUT2D eigenvalue weighted by atomic mass is 16.5. The molecule has 0 aliphatic carbocycles. The maximum Gasteiger partial charge on any atom is 0.306 e. The van der Waals surface area contributed by atoms with Gasteiger partial charge >= 0.3 is 11.9 Å². The summed E-state index contributed by atoms with van der Waals surface area (Å²) in [4.78, 5) is 66.1. The van der Waals surface area contributed by atoms with Crippen molar-refractivity contribution in [1.82, 2.24) is 5.32 Å². The number of Topliss-reactive ketones (excluding diaryl/α,β-unsaturated/α-hetero) is 2. The van der Waals surface area contributed by atoms with Gasteiger partial charge in [-0.2, -0.15) is 0 Å². The summed E-state index contributed by atoms with van der Waals surface area (Å²) in [5.41, 5.74) is 9.90. The summed E-state index contributed by atoms with van der Waals surface area (Å²) in [7, 11) is 0. The van der Waals surface area contributed by atoms with Crippen LogP contribution in [0.1, 0.15) is 63.0 Å².